The summed E-state index contributed by atoms with van der Waals surface area (Å²) >= 11 is 1.26. The SMILES string of the molecule is CCc1cc(OCCCCO)c(C(=O)O)s1. The van der Waals surface area contributed by atoms with Gasteiger partial charge in [0.2, 0.25) is 0 Å². The van der Waals surface area contributed by atoms with Crippen molar-refractivity contribution in [3.8, 4) is 5.75 Å². The van der Waals surface area contributed by atoms with Crippen LogP contribution in [0.5, 0.6) is 5.75 Å². The fourth-order valence-electron chi connectivity index (χ4n) is 1.25. The van der Waals surface area contributed by atoms with Gasteiger partial charge < -0.3 is 14.9 Å². The zero-order valence-electron chi connectivity index (χ0n) is 9.23. The van der Waals surface area contributed by atoms with Gasteiger partial charge in [0.25, 0.3) is 0 Å². The summed E-state index contributed by atoms with van der Waals surface area (Å²) in [5.41, 5.74) is 0. The van der Waals surface area contributed by atoms with Gasteiger partial charge >= 0.3 is 5.97 Å². The van der Waals surface area contributed by atoms with Crippen LogP contribution in [0.4, 0.5) is 0 Å². The average Bonchev–Trinajstić information content (AvgIpc) is 2.68. The van der Waals surface area contributed by atoms with E-state index >= 15 is 0 Å². The molecule has 0 saturated heterocycles. The Morgan fingerprint density at radius 3 is 2.81 bits per heavy atom. The van der Waals surface area contributed by atoms with Crippen molar-refractivity contribution in [3.05, 3.63) is 15.8 Å². The molecule has 1 rings (SSSR count). The maximum atomic E-state index is 10.9. The zero-order valence-corrected chi connectivity index (χ0v) is 10.0. The fraction of sp³-hybridized carbons (Fsp3) is 0.545. The second-order valence-corrected chi connectivity index (χ2v) is 4.48. The maximum Gasteiger partial charge on any atom is 0.349 e. The number of carbonyl (C=O) groups is 1. The largest absolute Gasteiger partial charge is 0.492 e. The van der Waals surface area contributed by atoms with Crippen LogP contribution in [0.25, 0.3) is 0 Å². The van der Waals surface area contributed by atoms with Crippen molar-refractivity contribution < 1.29 is 19.7 Å². The van der Waals surface area contributed by atoms with Crippen LogP contribution in [0.1, 0.15) is 34.3 Å². The van der Waals surface area contributed by atoms with E-state index in [4.69, 9.17) is 14.9 Å². The van der Waals surface area contributed by atoms with Crippen LogP contribution in [-0.4, -0.2) is 29.4 Å². The van der Waals surface area contributed by atoms with Gasteiger partial charge in [-0.1, -0.05) is 6.92 Å². The van der Waals surface area contributed by atoms with E-state index in [1.807, 2.05) is 6.92 Å². The summed E-state index contributed by atoms with van der Waals surface area (Å²) in [7, 11) is 0. The topological polar surface area (TPSA) is 66.8 Å². The molecule has 0 amide bonds. The molecule has 0 aliphatic heterocycles. The molecule has 0 radical (unpaired) electrons. The lowest BCUT2D eigenvalue weighted by atomic mass is 10.3. The van der Waals surface area contributed by atoms with E-state index < -0.39 is 5.97 Å². The van der Waals surface area contributed by atoms with Crippen molar-refractivity contribution in [2.45, 2.75) is 26.2 Å². The molecule has 0 aromatic carbocycles. The highest BCUT2D eigenvalue weighted by Gasteiger charge is 2.15. The molecule has 16 heavy (non-hydrogen) atoms. The molecule has 4 nitrogen and oxygen atoms in total. The van der Waals surface area contributed by atoms with Crippen molar-refractivity contribution in [3.63, 3.8) is 0 Å². The second kappa shape index (κ2) is 6.50. The quantitative estimate of drug-likeness (QED) is 0.721. The number of rotatable bonds is 7. The molecule has 0 aliphatic rings. The Morgan fingerprint density at radius 2 is 2.25 bits per heavy atom. The van der Waals surface area contributed by atoms with E-state index in [0.29, 0.717) is 18.8 Å². The Hall–Kier alpha value is -1.07. The monoisotopic (exact) mass is 244 g/mol. The molecule has 1 heterocycles. The van der Waals surface area contributed by atoms with Crippen LogP contribution in [-0.2, 0) is 6.42 Å². The number of unbranched alkanes of at least 4 members (excludes halogenated alkanes) is 1. The maximum absolute atomic E-state index is 10.9. The van der Waals surface area contributed by atoms with Gasteiger partial charge in [-0.05, 0) is 25.3 Å². The lowest BCUT2D eigenvalue weighted by Gasteiger charge is -2.03. The third-order valence-electron chi connectivity index (χ3n) is 2.10. The first-order valence-corrected chi connectivity index (χ1v) is 6.10. The molecular weight excluding hydrogens is 228 g/mol. The van der Waals surface area contributed by atoms with Crippen molar-refractivity contribution in [2.24, 2.45) is 0 Å². The smallest absolute Gasteiger partial charge is 0.349 e. The number of ether oxygens (including phenoxy) is 1. The highest BCUT2D eigenvalue weighted by Crippen LogP contribution is 2.29. The minimum absolute atomic E-state index is 0.138. The normalized spacial score (nSPS) is 10.4. The van der Waals surface area contributed by atoms with Gasteiger partial charge in [0.15, 0.2) is 4.88 Å². The lowest BCUT2D eigenvalue weighted by molar-refractivity contribution is 0.0698. The lowest BCUT2D eigenvalue weighted by Crippen LogP contribution is -2.02. The number of carboxylic acids is 1. The van der Waals surface area contributed by atoms with E-state index in [2.05, 4.69) is 0 Å². The van der Waals surface area contributed by atoms with Gasteiger partial charge in [0.1, 0.15) is 5.75 Å². The predicted octanol–water partition coefficient (Wildman–Crippen LogP) is 2.16. The molecule has 0 atom stereocenters. The summed E-state index contributed by atoms with van der Waals surface area (Å²) in [6.07, 6.45) is 2.21. The third kappa shape index (κ3) is 3.50. The number of hydrogen-bond donors (Lipinski definition) is 2. The van der Waals surface area contributed by atoms with Crippen LogP contribution in [0.2, 0.25) is 0 Å². The van der Waals surface area contributed by atoms with Gasteiger partial charge in [0, 0.05) is 11.5 Å². The zero-order chi connectivity index (χ0) is 12.0. The summed E-state index contributed by atoms with van der Waals surface area (Å²) < 4.78 is 5.40. The molecule has 0 bridgehead atoms. The Balaban J connectivity index is 2.62. The highest BCUT2D eigenvalue weighted by molar-refractivity contribution is 7.14. The number of thiophene rings is 1. The number of aliphatic hydroxyl groups excluding tert-OH is 1. The minimum Gasteiger partial charge on any atom is -0.492 e. The third-order valence-corrected chi connectivity index (χ3v) is 3.35. The molecule has 1 aromatic heterocycles. The van der Waals surface area contributed by atoms with E-state index in [-0.39, 0.29) is 11.5 Å². The Kier molecular flexibility index (Phi) is 5.28. The summed E-state index contributed by atoms with van der Waals surface area (Å²) in [6.45, 7) is 2.56. The van der Waals surface area contributed by atoms with E-state index in [9.17, 15) is 4.79 Å². The Bertz CT molecular complexity index is 346. The Labute approximate surface area is 98.5 Å². The molecule has 5 heteroatoms. The van der Waals surface area contributed by atoms with Crippen molar-refractivity contribution >= 4 is 17.3 Å². The minimum atomic E-state index is -0.943. The van der Waals surface area contributed by atoms with Crippen molar-refractivity contribution in [1.82, 2.24) is 0 Å². The van der Waals surface area contributed by atoms with E-state index in [1.54, 1.807) is 6.07 Å². The van der Waals surface area contributed by atoms with Crippen LogP contribution >= 0.6 is 11.3 Å². The number of aliphatic hydroxyl groups is 1. The molecule has 2 N–H and O–H groups in total. The van der Waals surface area contributed by atoms with Crippen LogP contribution in [0.3, 0.4) is 0 Å². The van der Waals surface area contributed by atoms with E-state index in [1.165, 1.54) is 11.3 Å². The van der Waals surface area contributed by atoms with Gasteiger partial charge in [-0.15, -0.1) is 11.3 Å². The van der Waals surface area contributed by atoms with Gasteiger partial charge in [-0.3, -0.25) is 0 Å². The predicted molar refractivity (Wildman–Crippen MR) is 62.5 cm³/mol. The molecule has 0 spiro atoms. The standard InChI is InChI=1S/C11H16O4S/c1-2-8-7-9(10(16-8)11(13)14)15-6-4-3-5-12/h7,12H,2-6H2,1H3,(H,13,14). The van der Waals surface area contributed by atoms with E-state index in [0.717, 1.165) is 17.7 Å². The van der Waals surface area contributed by atoms with Crippen LogP contribution < -0.4 is 4.74 Å². The second-order valence-electron chi connectivity index (χ2n) is 3.34. The van der Waals surface area contributed by atoms with Crippen molar-refractivity contribution in [2.75, 3.05) is 13.2 Å². The molecule has 90 valence electrons. The fourth-order valence-corrected chi connectivity index (χ4v) is 2.13. The Morgan fingerprint density at radius 1 is 1.50 bits per heavy atom. The van der Waals surface area contributed by atoms with Gasteiger partial charge in [-0.25, -0.2) is 4.79 Å². The molecule has 0 saturated carbocycles. The van der Waals surface area contributed by atoms with Crippen LogP contribution in [0.15, 0.2) is 6.07 Å². The van der Waals surface area contributed by atoms with Gasteiger partial charge in [-0.2, -0.15) is 0 Å². The first kappa shape index (κ1) is 13.0. The first-order valence-electron chi connectivity index (χ1n) is 5.28. The first-order chi connectivity index (χ1) is 7.69. The molecular formula is C11H16O4S. The summed E-state index contributed by atoms with van der Waals surface area (Å²) in [4.78, 5) is 12.2. The van der Waals surface area contributed by atoms with Crippen molar-refractivity contribution in [1.29, 1.82) is 0 Å². The molecule has 0 unspecified atom stereocenters. The number of aromatic carboxylic acids is 1. The summed E-state index contributed by atoms with van der Waals surface area (Å²) in [6, 6.07) is 1.78. The number of carboxylic acid groups (broad SMARTS) is 1. The molecule has 0 fully saturated rings. The van der Waals surface area contributed by atoms with Gasteiger partial charge in [0.05, 0.1) is 6.61 Å². The average molecular weight is 244 g/mol. The summed E-state index contributed by atoms with van der Waals surface area (Å²) in [5, 5.41) is 17.6. The van der Waals surface area contributed by atoms with Crippen LogP contribution in [0, 0.1) is 0 Å². The molecule has 1 aromatic rings. The summed E-state index contributed by atoms with van der Waals surface area (Å²) in [5.74, 6) is -0.492. The number of hydrogen-bond acceptors (Lipinski definition) is 4. The number of aryl methyl sites for hydroxylation is 1. The molecule has 0 aliphatic carbocycles. The highest BCUT2D eigenvalue weighted by atomic mass is 32.1.